The van der Waals surface area contributed by atoms with Crippen LogP contribution in [-0.2, 0) is 10.8 Å². The second kappa shape index (κ2) is 10.2. The molecule has 6 atom stereocenters. The Labute approximate surface area is 317 Å². The predicted molar refractivity (Wildman–Crippen MR) is 218 cm³/mol. The number of ketones is 1. The summed E-state index contributed by atoms with van der Waals surface area (Å²) in [7, 11) is 0. The fourth-order valence-corrected chi connectivity index (χ4v) is 13.1. The summed E-state index contributed by atoms with van der Waals surface area (Å²) >= 11 is 0. The molecule has 7 aliphatic carbocycles. The Bertz CT molecular complexity index is 2680. The number of allylic oxidation sites excluding steroid dienone is 12. The van der Waals surface area contributed by atoms with Crippen molar-refractivity contribution in [2.24, 2.45) is 22.7 Å². The van der Waals surface area contributed by atoms with Crippen molar-refractivity contribution >= 4 is 5.78 Å². The minimum atomic E-state index is -0.419. The lowest BCUT2D eigenvalue weighted by Crippen LogP contribution is -2.42. The molecule has 258 valence electrons. The van der Waals surface area contributed by atoms with E-state index in [0.717, 1.165) is 17.6 Å². The van der Waals surface area contributed by atoms with Crippen molar-refractivity contribution in [1.82, 2.24) is 0 Å². The van der Waals surface area contributed by atoms with E-state index < -0.39 is 5.41 Å². The van der Waals surface area contributed by atoms with Crippen LogP contribution in [0.25, 0.3) is 22.3 Å². The van der Waals surface area contributed by atoms with E-state index in [2.05, 4.69) is 190 Å². The molecule has 5 aromatic rings. The molecule has 12 rings (SSSR count). The molecule has 2 spiro atoms. The van der Waals surface area contributed by atoms with Crippen molar-refractivity contribution in [2.45, 2.75) is 37.0 Å². The molecule has 0 aromatic heterocycles. The van der Waals surface area contributed by atoms with Gasteiger partial charge >= 0.3 is 0 Å². The van der Waals surface area contributed by atoms with E-state index in [1.807, 2.05) is 0 Å². The third-order valence-corrected chi connectivity index (χ3v) is 15.1. The molecule has 0 aliphatic heterocycles. The fourth-order valence-electron chi connectivity index (χ4n) is 13.1. The molecule has 0 radical (unpaired) electrons. The number of hydrogen-bond acceptors (Lipinski definition) is 1. The van der Waals surface area contributed by atoms with E-state index in [4.69, 9.17) is 0 Å². The van der Waals surface area contributed by atoms with Gasteiger partial charge in [-0.25, -0.2) is 0 Å². The minimum Gasteiger partial charge on any atom is -0.289 e. The van der Waals surface area contributed by atoms with Gasteiger partial charge in [-0.2, -0.15) is 0 Å². The first-order valence-corrected chi connectivity index (χ1v) is 19.7. The summed E-state index contributed by atoms with van der Waals surface area (Å²) in [4.78, 5) is 15.2. The van der Waals surface area contributed by atoms with Crippen molar-refractivity contribution in [2.75, 3.05) is 0 Å². The summed E-state index contributed by atoms with van der Waals surface area (Å²) in [6.45, 7) is 4.91. The summed E-state index contributed by atoms with van der Waals surface area (Å²) < 4.78 is 0. The molecule has 7 aliphatic rings. The number of Topliss-reactive ketones (excluding diaryl/α,β-unsaturated/α-hetero) is 1. The maximum absolute atomic E-state index is 15.2. The molecule has 1 saturated carbocycles. The Hall–Kier alpha value is -5.79. The van der Waals surface area contributed by atoms with Crippen molar-refractivity contribution in [3.63, 3.8) is 0 Å². The second-order valence-electron chi connectivity index (χ2n) is 17.0. The lowest BCUT2D eigenvalue weighted by molar-refractivity contribution is 0.103. The van der Waals surface area contributed by atoms with Crippen molar-refractivity contribution in [1.29, 1.82) is 0 Å². The van der Waals surface area contributed by atoms with Gasteiger partial charge in [0.1, 0.15) is 0 Å². The standard InChI is InChI=1S/C53H40O/c1-50-29-13-11-19-41(50)39-18-6-10-24-46(39)53(50)45-23-9-5-17-37(45)38-27-25-33(31-47(38)53)49(54)34-26-28-40-42-20-12-14-30-51(42,2)52(48(40)32-34)43-21-7-3-15-35(43)36-16-4-8-22-44(36)52/h3-27,29-32,40-42H,28H2,1-2H3. The van der Waals surface area contributed by atoms with Gasteiger partial charge < -0.3 is 0 Å². The highest BCUT2D eigenvalue weighted by atomic mass is 16.1. The Morgan fingerprint density at radius 1 is 0.574 bits per heavy atom. The van der Waals surface area contributed by atoms with Gasteiger partial charge in [0.15, 0.2) is 5.78 Å². The van der Waals surface area contributed by atoms with E-state index in [9.17, 15) is 0 Å². The number of fused-ring (bicyclic) bond motifs is 20. The Kier molecular flexibility index (Phi) is 5.81. The van der Waals surface area contributed by atoms with Crippen LogP contribution in [-0.4, -0.2) is 5.78 Å². The molecule has 0 heterocycles. The number of carbonyl (C=O) groups is 1. The minimum absolute atomic E-state index is 0.114. The number of rotatable bonds is 2. The van der Waals surface area contributed by atoms with Crippen LogP contribution in [0, 0.1) is 22.7 Å². The van der Waals surface area contributed by atoms with Crippen LogP contribution in [0.15, 0.2) is 187 Å². The molecule has 1 heteroatoms. The molecule has 0 amide bonds. The monoisotopic (exact) mass is 692 g/mol. The average molecular weight is 693 g/mol. The lowest BCUT2D eigenvalue weighted by Gasteiger charge is -2.45. The van der Waals surface area contributed by atoms with Crippen molar-refractivity contribution < 1.29 is 4.79 Å². The molecular formula is C53H40O. The molecule has 0 bridgehead atoms. The van der Waals surface area contributed by atoms with Crippen LogP contribution in [0.3, 0.4) is 0 Å². The molecule has 1 fully saturated rings. The number of benzene rings is 5. The largest absolute Gasteiger partial charge is 0.289 e. The SMILES string of the molecule is CC12C=CC=CC1C1CC=C(C(=O)c3ccc4c(c3)C3(c5ccccc5-4)c4ccccc4C4C=CC=CC43C)C=C1C21c2ccccc2-c2ccccc21. The average Bonchev–Trinajstić information content (AvgIpc) is 3.85. The third-order valence-electron chi connectivity index (χ3n) is 15.1. The summed E-state index contributed by atoms with van der Waals surface area (Å²) in [5, 5.41) is 0. The van der Waals surface area contributed by atoms with Crippen LogP contribution in [0.1, 0.15) is 69.9 Å². The Balaban J connectivity index is 1.05. The van der Waals surface area contributed by atoms with Gasteiger partial charge in [0.2, 0.25) is 0 Å². The predicted octanol–water partition coefficient (Wildman–Crippen LogP) is 12.0. The van der Waals surface area contributed by atoms with Crippen LogP contribution in [0.4, 0.5) is 0 Å². The summed E-state index contributed by atoms with van der Waals surface area (Å²) in [5.41, 5.74) is 15.0. The first-order chi connectivity index (χ1) is 26.4. The molecule has 1 nitrogen and oxygen atoms in total. The molecule has 5 aromatic carbocycles. The van der Waals surface area contributed by atoms with E-state index >= 15 is 4.79 Å². The van der Waals surface area contributed by atoms with Crippen LogP contribution >= 0.6 is 0 Å². The second-order valence-corrected chi connectivity index (χ2v) is 17.0. The molecule has 6 unspecified atom stereocenters. The van der Waals surface area contributed by atoms with Gasteiger partial charge in [0.05, 0.1) is 10.8 Å². The molecule has 54 heavy (non-hydrogen) atoms. The van der Waals surface area contributed by atoms with Gasteiger partial charge in [0.25, 0.3) is 0 Å². The maximum atomic E-state index is 15.2. The third kappa shape index (κ3) is 3.26. The van der Waals surface area contributed by atoms with Gasteiger partial charge in [-0.3, -0.25) is 4.79 Å². The quantitative estimate of drug-likeness (QED) is 0.168. The van der Waals surface area contributed by atoms with Crippen LogP contribution < -0.4 is 0 Å². The van der Waals surface area contributed by atoms with E-state index in [1.54, 1.807) is 0 Å². The summed E-state index contributed by atoms with van der Waals surface area (Å²) in [5.74, 6) is 0.988. The summed E-state index contributed by atoms with van der Waals surface area (Å²) in [6.07, 6.45) is 24.1. The normalized spacial score (nSPS) is 30.1. The lowest BCUT2D eigenvalue weighted by atomic mass is 9.56. The molecule has 0 N–H and O–H groups in total. The first kappa shape index (κ1) is 30.6. The van der Waals surface area contributed by atoms with Crippen molar-refractivity contribution in [3.8, 4) is 22.3 Å². The Morgan fingerprint density at radius 2 is 1.15 bits per heavy atom. The van der Waals surface area contributed by atoms with E-state index in [0.29, 0.717) is 11.8 Å². The highest BCUT2D eigenvalue weighted by Gasteiger charge is 2.67. The first-order valence-electron chi connectivity index (χ1n) is 19.7. The summed E-state index contributed by atoms with van der Waals surface area (Å²) in [6, 6.07) is 42.7. The van der Waals surface area contributed by atoms with E-state index in [-0.39, 0.29) is 27.9 Å². The van der Waals surface area contributed by atoms with Gasteiger partial charge in [0, 0.05) is 27.9 Å². The molecule has 0 saturated heterocycles. The van der Waals surface area contributed by atoms with Crippen LogP contribution in [0.2, 0.25) is 0 Å². The Morgan fingerprint density at radius 3 is 1.85 bits per heavy atom. The van der Waals surface area contributed by atoms with Gasteiger partial charge in [-0.1, -0.05) is 184 Å². The number of hydrogen-bond donors (Lipinski definition) is 0. The van der Waals surface area contributed by atoms with E-state index in [1.165, 1.54) is 61.2 Å². The van der Waals surface area contributed by atoms with Gasteiger partial charge in [-0.05, 0) is 85.5 Å². The van der Waals surface area contributed by atoms with Gasteiger partial charge in [-0.15, -0.1) is 0 Å². The fraction of sp³-hybridized carbons (Fsp3) is 0.189. The smallest absolute Gasteiger partial charge is 0.192 e. The zero-order valence-electron chi connectivity index (χ0n) is 30.6. The topological polar surface area (TPSA) is 17.1 Å². The highest BCUT2D eigenvalue weighted by molar-refractivity contribution is 6.12. The van der Waals surface area contributed by atoms with Crippen LogP contribution in [0.5, 0.6) is 0 Å². The highest BCUT2D eigenvalue weighted by Crippen LogP contribution is 2.73. The zero-order valence-corrected chi connectivity index (χ0v) is 30.6. The van der Waals surface area contributed by atoms with Crippen molar-refractivity contribution in [3.05, 3.63) is 226 Å². The molecular weight excluding hydrogens is 653 g/mol. The number of carbonyl (C=O) groups excluding carboxylic acids is 1. The maximum Gasteiger partial charge on any atom is 0.192 e. The zero-order chi connectivity index (χ0) is 36.0.